The quantitative estimate of drug-likeness (QED) is 0.798. The lowest BCUT2D eigenvalue weighted by Crippen LogP contribution is -2.45. The van der Waals surface area contributed by atoms with Gasteiger partial charge in [-0.15, -0.1) is 0 Å². The van der Waals surface area contributed by atoms with E-state index in [1.54, 1.807) is 12.1 Å². The van der Waals surface area contributed by atoms with E-state index in [2.05, 4.69) is 5.32 Å². The Hall–Kier alpha value is -2.87. The zero-order valence-corrected chi connectivity index (χ0v) is 14.6. The molecule has 1 aliphatic rings. The second kappa shape index (κ2) is 6.70. The third-order valence-electron chi connectivity index (χ3n) is 4.14. The number of rotatable bonds is 3. The highest BCUT2D eigenvalue weighted by Gasteiger charge is 2.41. The van der Waals surface area contributed by atoms with Crippen molar-refractivity contribution >= 4 is 35.0 Å². The van der Waals surface area contributed by atoms with Crippen molar-refractivity contribution < 1.29 is 27.6 Å². The summed E-state index contributed by atoms with van der Waals surface area (Å²) in [5, 5.41) is 1.98. The fourth-order valence-electron chi connectivity index (χ4n) is 2.77. The molecule has 3 rings (SSSR count). The summed E-state index contributed by atoms with van der Waals surface area (Å²) in [5.74, 6) is -2.28. The summed E-state index contributed by atoms with van der Waals surface area (Å²) >= 11 is 5.61. The van der Waals surface area contributed by atoms with Gasteiger partial charge in [-0.05, 0) is 37.3 Å². The van der Waals surface area contributed by atoms with E-state index in [0.717, 1.165) is 11.0 Å². The molecule has 0 spiro atoms. The van der Waals surface area contributed by atoms with E-state index in [-0.39, 0.29) is 16.1 Å². The van der Waals surface area contributed by atoms with E-state index in [1.165, 1.54) is 25.1 Å². The summed E-state index contributed by atoms with van der Waals surface area (Å²) in [6.07, 6.45) is -4.74. The Morgan fingerprint density at radius 2 is 1.63 bits per heavy atom. The van der Waals surface area contributed by atoms with Crippen molar-refractivity contribution in [2.75, 3.05) is 5.32 Å². The van der Waals surface area contributed by atoms with Crippen LogP contribution in [-0.2, 0) is 11.0 Å². The average Bonchev–Trinajstić information content (AvgIpc) is 2.86. The van der Waals surface area contributed by atoms with Gasteiger partial charge in [0.2, 0.25) is 5.91 Å². The van der Waals surface area contributed by atoms with Gasteiger partial charge in [0, 0.05) is 5.02 Å². The molecule has 2 aromatic rings. The molecular weight excluding hydrogens is 385 g/mol. The lowest BCUT2D eigenvalue weighted by Gasteiger charge is -2.22. The molecule has 1 N–H and O–H groups in total. The topological polar surface area (TPSA) is 66.5 Å². The highest BCUT2D eigenvalue weighted by atomic mass is 35.5. The van der Waals surface area contributed by atoms with E-state index in [0.29, 0.717) is 6.07 Å². The first-order chi connectivity index (χ1) is 12.6. The van der Waals surface area contributed by atoms with Gasteiger partial charge in [0.05, 0.1) is 22.4 Å². The van der Waals surface area contributed by atoms with E-state index in [1.807, 2.05) is 0 Å². The second-order valence-corrected chi connectivity index (χ2v) is 6.32. The lowest BCUT2D eigenvalue weighted by atomic mass is 10.1. The van der Waals surface area contributed by atoms with Gasteiger partial charge >= 0.3 is 6.18 Å². The number of imide groups is 1. The largest absolute Gasteiger partial charge is 0.418 e. The summed E-state index contributed by atoms with van der Waals surface area (Å²) < 4.78 is 39.5. The number of nitrogens with zero attached hydrogens (tertiary/aromatic N) is 1. The smallest absolute Gasteiger partial charge is 0.324 e. The summed E-state index contributed by atoms with van der Waals surface area (Å²) in [6.45, 7) is 1.26. The van der Waals surface area contributed by atoms with Crippen LogP contribution < -0.4 is 5.32 Å². The number of alkyl halides is 3. The van der Waals surface area contributed by atoms with Gasteiger partial charge in [-0.3, -0.25) is 19.3 Å². The summed E-state index contributed by atoms with van der Waals surface area (Å²) in [5.41, 5.74) is -1.35. The predicted molar refractivity (Wildman–Crippen MR) is 91.5 cm³/mol. The average molecular weight is 397 g/mol. The van der Waals surface area contributed by atoms with Crippen LogP contribution in [0.5, 0.6) is 0 Å². The third kappa shape index (κ3) is 3.40. The number of anilines is 1. The number of carbonyl (C=O) groups excluding carboxylic acids is 3. The van der Waals surface area contributed by atoms with Crippen LogP contribution in [0, 0.1) is 0 Å². The first-order valence-electron chi connectivity index (χ1n) is 7.76. The first-order valence-corrected chi connectivity index (χ1v) is 8.13. The van der Waals surface area contributed by atoms with Crippen LogP contribution in [0.25, 0.3) is 0 Å². The zero-order valence-electron chi connectivity index (χ0n) is 13.8. The summed E-state index contributed by atoms with van der Waals surface area (Å²) in [7, 11) is 0. The van der Waals surface area contributed by atoms with Gasteiger partial charge in [-0.25, -0.2) is 0 Å². The van der Waals surface area contributed by atoms with Gasteiger partial charge in [0.15, 0.2) is 0 Å². The Morgan fingerprint density at radius 3 is 2.15 bits per heavy atom. The fourth-order valence-corrected chi connectivity index (χ4v) is 2.95. The molecule has 1 unspecified atom stereocenters. The van der Waals surface area contributed by atoms with Crippen molar-refractivity contribution in [3.05, 3.63) is 64.2 Å². The number of nitrogens with one attached hydrogen (secondary N) is 1. The van der Waals surface area contributed by atoms with Gasteiger partial charge in [0.25, 0.3) is 11.8 Å². The molecule has 140 valence electrons. The van der Waals surface area contributed by atoms with Gasteiger partial charge in [-0.1, -0.05) is 23.7 Å². The van der Waals surface area contributed by atoms with Crippen molar-refractivity contribution in [3.63, 3.8) is 0 Å². The Morgan fingerprint density at radius 1 is 1.07 bits per heavy atom. The van der Waals surface area contributed by atoms with Crippen LogP contribution in [-0.4, -0.2) is 28.7 Å². The number of amides is 3. The first kappa shape index (κ1) is 18.9. The Balaban J connectivity index is 1.86. The van der Waals surface area contributed by atoms with Crippen molar-refractivity contribution in [2.24, 2.45) is 0 Å². The number of hydrogen-bond donors (Lipinski definition) is 1. The van der Waals surface area contributed by atoms with Crippen LogP contribution in [0.3, 0.4) is 0 Å². The lowest BCUT2D eigenvalue weighted by molar-refractivity contribution is -0.137. The molecule has 27 heavy (non-hydrogen) atoms. The van der Waals surface area contributed by atoms with E-state index in [4.69, 9.17) is 11.6 Å². The number of benzene rings is 2. The molecule has 1 heterocycles. The third-order valence-corrected chi connectivity index (χ3v) is 4.37. The van der Waals surface area contributed by atoms with E-state index < -0.39 is 41.2 Å². The summed E-state index contributed by atoms with van der Waals surface area (Å²) in [4.78, 5) is 38.0. The maximum Gasteiger partial charge on any atom is 0.418 e. The molecule has 0 saturated heterocycles. The van der Waals surface area contributed by atoms with Crippen LogP contribution in [0.2, 0.25) is 5.02 Å². The molecule has 0 bridgehead atoms. The molecule has 3 amide bonds. The van der Waals surface area contributed by atoms with Crippen molar-refractivity contribution in [1.82, 2.24) is 4.90 Å². The SMILES string of the molecule is CC(C(=O)Nc1ccc(Cl)cc1C(F)(F)F)N1C(=O)c2ccccc2C1=O. The highest BCUT2D eigenvalue weighted by Crippen LogP contribution is 2.36. The molecule has 2 aromatic carbocycles. The van der Waals surface area contributed by atoms with Gasteiger partial charge in [-0.2, -0.15) is 13.2 Å². The van der Waals surface area contributed by atoms with Crippen molar-refractivity contribution in [3.8, 4) is 0 Å². The Bertz CT molecular complexity index is 924. The number of carbonyl (C=O) groups is 3. The monoisotopic (exact) mass is 396 g/mol. The highest BCUT2D eigenvalue weighted by molar-refractivity contribution is 6.30. The molecule has 0 saturated carbocycles. The molecule has 0 fully saturated rings. The van der Waals surface area contributed by atoms with Crippen molar-refractivity contribution in [1.29, 1.82) is 0 Å². The van der Waals surface area contributed by atoms with Crippen LogP contribution in [0.1, 0.15) is 33.2 Å². The number of fused-ring (bicyclic) bond motifs is 1. The van der Waals surface area contributed by atoms with Gasteiger partial charge in [0.1, 0.15) is 6.04 Å². The molecule has 0 aromatic heterocycles. The normalized spacial score (nSPS) is 14.9. The minimum absolute atomic E-state index is 0.143. The maximum absolute atomic E-state index is 13.2. The molecule has 1 aliphatic heterocycles. The standard InChI is InChI=1S/C18H12ClF3N2O3/c1-9(24-16(26)11-4-2-3-5-12(11)17(24)27)15(25)23-14-7-6-10(19)8-13(14)18(20,21)22/h2-9H,1H3,(H,23,25). The molecular formula is C18H12ClF3N2O3. The fraction of sp³-hybridized carbons (Fsp3) is 0.167. The number of halogens is 4. The summed E-state index contributed by atoms with van der Waals surface area (Å²) in [6, 6.07) is 7.61. The van der Waals surface area contributed by atoms with Crippen molar-refractivity contribution in [2.45, 2.75) is 19.1 Å². The Labute approximate surface area is 156 Å². The van der Waals surface area contributed by atoms with Gasteiger partial charge < -0.3 is 5.32 Å². The minimum atomic E-state index is -4.74. The Kier molecular flexibility index (Phi) is 4.69. The van der Waals surface area contributed by atoms with Crippen LogP contribution in [0.4, 0.5) is 18.9 Å². The van der Waals surface area contributed by atoms with Crippen LogP contribution in [0.15, 0.2) is 42.5 Å². The molecule has 5 nitrogen and oxygen atoms in total. The molecule has 0 radical (unpaired) electrons. The number of hydrogen-bond acceptors (Lipinski definition) is 3. The second-order valence-electron chi connectivity index (χ2n) is 5.88. The molecule has 0 aliphatic carbocycles. The van der Waals surface area contributed by atoms with E-state index in [9.17, 15) is 27.6 Å². The molecule has 1 atom stereocenters. The zero-order chi connectivity index (χ0) is 19.9. The van der Waals surface area contributed by atoms with E-state index >= 15 is 0 Å². The van der Waals surface area contributed by atoms with Crippen LogP contribution >= 0.6 is 11.6 Å². The maximum atomic E-state index is 13.2. The minimum Gasteiger partial charge on any atom is -0.324 e. The molecule has 9 heteroatoms. The predicted octanol–water partition coefficient (Wildman–Crippen LogP) is 3.98.